The van der Waals surface area contributed by atoms with Gasteiger partial charge in [0.05, 0.1) is 35.8 Å². The molecule has 5 nitrogen and oxygen atoms in total. The first-order chi connectivity index (χ1) is 9.78. The van der Waals surface area contributed by atoms with Crippen molar-refractivity contribution in [3.8, 4) is 0 Å². The lowest BCUT2D eigenvalue weighted by atomic mass is 10.1. The molecule has 0 saturated carbocycles. The summed E-state index contributed by atoms with van der Waals surface area (Å²) in [4.78, 5) is 8.54. The Morgan fingerprint density at radius 2 is 2.05 bits per heavy atom. The number of fused-ring (bicyclic) bond motifs is 1. The zero-order valence-electron chi connectivity index (χ0n) is 11.3. The molecule has 0 unspecified atom stereocenters. The summed E-state index contributed by atoms with van der Waals surface area (Å²) in [6.07, 6.45) is 4.26. The second-order valence-corrected chi connectivity index (χ2v) is 4.53. The number of anilines is 2. The molecule has 0 atom stereocenters. The maximum absolute atomic E-state index is 6.01. The van der Waals surface area contributed by atoms with Gasteiger partial charge in [-0.25, -0.2) is 4.98 Å². The summed E-state index contributed by atoms with van der Waals surface area (Å²) >= 11 is 0. The molecule has 2 heterocycles. The molecule has 5 heteroatoms. The van der Waals surface area contributed by atoms with Crippen LogP contribution in [0, 0.1) is 0 Å². The Morgan fingerprint density at radius 1 is 1.20 bits per heavy atom. The molecule has 102 valence electrons. The topological polar surface area (TPSA) is 77.0 Å². The number of aryl methyl sites for hydroxylation is 1. The second-order valence-electron chi connectivity index (χ2n) is 4.53. The van der Waals surface area contributed by atoms with Gasteiger partial charge in [0.15, 0.2) is 0 Å². The van der Waals surface area contributed by atoms with E-state index in [1.807, 2.05) is 31.2 Å². The van der Waals surface area contributed by atoms with Crippen LogP contribution in [-0.4, -0.2) is 9.97 Å². The number of benzene rings is 1. The van der Waals surface area contributed by atoms with Crippen LogP contribution in [0.2, 0.25) is 0 Å². The standard InChI is InChI=1S/C15H16N4O/c1-2-10-7-18-14(20-10)9-19-15-11-5-3-4-6-13(11)17-8-12(15)16/h3-8H,2,9,16H2,1H3,(H,17,19). The number of oxazole rings is 1. The summed E-state index contributed by atoms with van der Waals surface area (Å²) < 4.78 is 5.58. The molecule has 1 aromatic carbocycles. The summed E-state index contributed by atoms with van der Waals surface area (Å²) in [6, 6.07) is 7.88. The molecular formula is C15H16N4O. The lowest BCUT2D eigenvalue weighted by Gasteiger charge is -2.10. The summed E-state index contributed by atoms with van der Waals surface area (Å²) in [6.45, 7) is 2.53. The number of hydrogen-bond donors (Lipinski definition) is 2. The van der Waals surface area contributed by atoms with Crippen molar-refractivity contribution >= 4 is 22.3 Å². The molecule has 20 heavy (non-hydrogen) atoms. The fourth-order valence-corrected chi connectivity index (χ4v) is 2.11. The number of nitrogen functional groups attached to an aromatic ring is 1. The Morgan fingerprint density at radius 3 is 2.85 bits per heavy atom. The van der Waals surface area contributed by atoms with Gasteiger partial charge in [-0.3, -0.25) is 4.98 Å². The van der Waals surface area contributed by atoms with Crippen LogP contribution >= 0.6 is 0 Å². The van der Waals surface area contributed by atoms with Crippen molar-refractivity contribution < 1.29 is 4.42 Å². The molecule has 0 aliphatic rings. The number of aromatic nitrogens is 2. The van der Waals surface area contributed by atoms with Crippen LogP contribution in [-0.2, 0) is 13.0 Å². The van der Waals surface area contributed by atoms with Crippen molar-refractivity contribution in [2.24, 2.45) is 0 Å². The van der Waals surface area contributed by atoms with Crippen molar-refractivity contribution in [3.63, 3.8) is 0 Å². The number of nitrogens with one attached hydrogen (secondary N) is 1. The smallest absolute Gasteiger partial charge is 0.213 e. The van der Waals surface area contributed by atoms with Crippen molar-refractivity contribution in [3.05, 3.63) is 48.3 Å². The predicted molar refractivity (Wildman–Crippen MR) is 79.4 cm³/mol. The monoisotopic (exact) mass is 268 g/mol. The molecule has 2 aromatic heterocycles. The van der Waals surface area contributed by atoms with Gasteiger partial charge in [0.25, 0.3) is 0 Å². The van der Waals surface area contributed by atoms with E-state index in [0.717, 1.165) is 28.8 Å². The zero-order valence-corrected chi connectivity index (χ0v) is 11.3. The molecule has 0 amide bonds. The summed E-state index contributed by atoms with van der Waals surface area (Å²) in [5, 5.41) is 4.28. The van der Waals surface area contributed by atoms with E-state index in [1.54, 1.807) is 12.4 Å². The Kier molecular flexibility index (Phi) is 3.25. The first kappa shape index (κ1) is 12.5. The van der Waals surface area contributed by atoms with E-state index in [2.05, 4.69) is 15.3 Å². The van der Waals surface area contributed by atoms with Gasteiger partial charge in [-0.15, -0.1) is 0 Å². The highest BCUT2D eigenvalue weighted by atomic mass is 16.4. The SMILES string of the molecule is CCc1cnc(CNc2c(N)cnc3ccccc23)o1. The number of hydrogen-bond acceptors (Lipinski definition) is 5. The molecule has 3 N–H and O–H groups in total. The van der Waals surface area contributed by atoms with Crippen molar-refractivity contribution in [2.75, 3.05) is 11.1 Å². The second kappa shape index (κ2) is 5.21. The van der Waals surface area contributed by atoms with Gasteiger partial charge in [-0.2, -0.15) is 0 Å². The third kappa shape index (κ3) is 2.30. The lowest BCUT2D eigenvalue weighted by molar-refractivity contribution is 0.466. The third-order valence-corrected chi connectivity index (χ3v) is 3.17. The number of pyridine rings is 1. The first-order valence-electron chi connectivity index (χ1n) is 6.58. The highest BCUT2D eigenvalue weighted by Gasteiger charge is 2.08. The van der Waals surface area contributed by atoms with Crippen molar-refractivity contribution in [1.82, 2.24) is 9.97 Å². The molecule has 0 saturated heterocycles. The minimum Gasteiger partial charge on any atom is -0.444 e. The van der Waals surface area contributed by atoms with E-state index < -0.39 is 0 Å². The number of nitrogens with zero attached hydrogens (tertiary/aromatic N) is 2. The molecule has 0 spiro atoms. The van der Waals surface area contributed by atoms with E-state index in [1.165, 1.54) is 0 Å². The van der Waals surface area contributed by atoms with Crippen LogP contribution in [0.5, 0.6) is 0 Å². The molecule has 0 bridgehead atoms. The quantitative estimate of drug-likeness (QED) is 0.760. The average Bonchev–Trinajstić information content (AvgIpc) is 2.94. The highest BCUT2D eigenvalue weighted by Crippen LogP contribution is 2.27. The fourth-order valence-electron chi connectivity index (χ4n) is 2.11. The maximum atomic E-state index is 6.01. The van der Waals surface area contributed by atoms with Crippen molar-refractivity contribution in [2.45, 2.75) is 19.9 Å². The van der Waals surface area contributed by atoms with E-state index in [-0.39, 0.29) is 0 Å². The number of nitrogens with two attached hydrogens (primary N) is 1. The van der Waals surface area contributed by atoms with Crippen LogP contribution in [0.25, 0.3) is 10.9 Å². The normalized spacial score (nSPS) is 10.8. The molecule has 0 aliphatic carbocycles. The minimum atomic E-state index is 0.498. The third-order valence-electron chi connectivity index (χ3n) is 3.17. The van der Waals surface area contributed by atoms with E-state index in [4.69, 9.17) is 10.2 Å². The molecule has 0 aliphatic heterocycles. The van der Waals surface area contributed by atoms with Crippen molar-refractivity contribution in [1.29, 1.82) is 0 Å². The Hall–Kier alpha value is -2.56. The molecule has 3 rings (SSSR count). The molecular weight excluding hydrogens is 252 g/mol. The van der Waals surface area contributed by atoms with E-state index in [0.29, 0.717) is 18.1 Å². The van der Waals surface area contributed by atoms with Gasteiger partial charge in [0.2, 0.25) is 5.89 Å². The van der Waals surface area contributed by atoms with Gasteiger partial charge in [-0.05, 0) is 6.07 Å². The van der Waals surface area contributed by atoms with Gasteiger partial charge in [0, 0.05) is 11.8 Å². The number of rotatable bonds is 4. The summed E-state index contributed by atoms with van der Waals surface area (Å²) in [5.74, 6) is 1.54. The first-order valence-corrected chi connectivity index (χ1v) is 6.58. The van der Waals surface area contributed by atoms with Gasteiger partial charge >= 0.3 is 0 Å². The molecule has 0 fully saturated rings. The number of para-hydroxylation sites is 1. The Balaban J connectivity index is 1.88. The molecule has 0 radical (unpaired) electrons. The Bertz CT molecular complexity index is 736. The lowest BCUT2D eigenvalue weighted by Crippen LogP contribution is -2.04. The van der Waals surface area contributed by atoms with Crippen LogP contribution in [0.15, 0.2) is 41.1 Å². The zero-order chi connectivity index (χ0) is 13.9. The van der Waals surface area contributed by atoms with Crippen LogP contribution in [0.4, 0.5) is 11.4 Å². The van der Waals surface area contributed by atoms with E-state index >= 15 is 0 Å². The van der Waals surface area contributed by atoms with Crippen LogP contribution in [0.3, 0.4) is 0 Å². The van der Waals surface area contributed by atoms with Gasteiger partial charge in [0.1, 0.15) is 5.76 Å². The average molecular weight is 268 g/mol. The summed E-state index contributed by atoms with van der Waals surface area (Å²) in [5.41, 5.74) is 8.40. The Labute approximate surface area is 116 Å². The summed E-state index contributed by atoms with van der Waals surface area (Å²) in [7, 11) is 0. The van der Waals surface area contributed by atoms with Crippen LogP contribution in [0.1, 0.15) is 18.6 Å². The maximum Gasteiger partial charge on any atom is 0.213 e. The van der Waals surface area contributed by atoms with Gasteiger partial charge < -0.3 is 15.5 Å². The fraction of sp³-hybridized carbons (Fsp3) is 0.200. The van der Waals surface area contributed by atoms with Crippen LogP contribution < -0.4 is 11.1 Å². The predicted octanol–water partition coefficient (Wildman–Crippen LogP) is 2.98. The highest BCUT2D eigenvalue weighted by molar-refractivity contribution is 5.96. The van der Waals surface area contributed by atoms with E-state index in [9.17, 15) is 0 Å². The van der Waals surface area contributed by atoms with Gasteiger partial charge in [-0.1, -0.05) is 25.1 Å². The molecule has 3 aromatic rings. The minimum absolute atomic E-state index is 0.498. The largest absolute Gasteiger partial charge is 0.444 e.